The molecule has 0 radical (unpaired) electrons. The molecule has 0 unspecified atom stereocenters. The quantitative estimate of drug-likeness (QED) is 0.394. The van der Waals surface area contributed by atoms with Crippen LogP contribution >= 0.6 is 11.8 Å². The Balaban J connectivity index is 1.83. The second-order valence-corrected chi connectivity index (χ2v) is 7.55. The second kappa shape index (κ2) is 7.24. The molecule has 4 aromatic rings. The van der Waals surface area contributed by atoms with Gasteiger partial charge in [-0.15, -0.1) is 0 Å². The van der Waals surface area contributed by atoms with E-state index < -0.39 is 11.6 Å². The number of rotatable bonds is 4. The number of benzene rings is 2. The van der Waals surface area contributed by atoms with Gasteiger partial charge in [0.25, 0.3) is 5.56 Å². The fourth-order valence-corrected chi connectivity index (χ4v) is 3.98. The molecule has 2 aromatic heterocycles. The van der Waals surface area contributed by atoms with Gasteiger partial charge in [-0.05, 0) is 50.2 Å². The highest BCUT2D eigenvalue weighted by atomic mass is 32.2. The van der Waals surface area contributed by atoms with E-state index in [9.17, 15) is 13.6 Å². The third-order valence-corrected chi connectivity index (χ3v) is 5.40. The highest BCUT2D eigenvalue weighted by molar-refractivity contribution is 7.98. The Kier molecular flexibility index (Phi) is 4.77. The standard InChI is InChI=1S/C21H17F2N3OS/c1-12-3-6-16(7-4-12)26-20(27)19-18(9-13(2)24-19)25-21(26)28-11-14-10-15(22)5-8-17(14)23/h3-10,24H,11H2,1-2H3. The zero-order chi connectivity index (χ0) is 19.8. The molecule has 0 aliphatic rings. The Morgan fingerprint density at radius 1 is 1.07 bits per heavy atom. The van der Waals surface area contributed by atoms with Crippen molar-refractivity contribution in [3.05, 3.63) is 87.3 Å². The first-order chi connectivity index (χ1) is 13.4. The minimum absolute atomic E-state index is 0.150. The van der Waals surface area contributed by atoms with Crippen LogP contribution in [0.3, 0.4) is 0 Å². The number of hydrogen-bond donors (Lipinski definition) is 1. The number of H-pyrrole nitrogens is 1. The normalized spacial score (nSPS) is 11.3. The highest BCUT2D eigenvalue weighted by Gasteiger charge is 2.16. The van der Waals surface area contributed by atoms with Crippen LogP contribution in [0.5, 0.6) is 0 Å². The molecule has 0 saturated heterocycles. The van der Waals surface area contributed by atoms with Crippen LogP contribution in [0.2, 0.25) is 0 Å². The average molecular weight is 397 g/mol. The predicted octanol–water partition coefficient (Wildman–Crippen LogP) is 4.90. The Labute approximate surface area is 164 Å². The first-order valence-corrected chi connectivity index (χ1v) is 9.67. The predicted molar refractivity (Wildman–Crippen MR) is 107 cm³/mol. The number of aryl methyl sites for hydroxylation is 2. The van der Waals surface area contributed by atoms with Gasteiger partial charge in [-0.1, -0.05) is 29.5 Å². The molecule has 2 heterocycles. The fraction of sp³-hybridized carbons (Fsp3) is 0.143. The van der Waals surface area contributed by atoms with E-state index in [1.807, 2.05) is 38.1 Å². The number of nitrogens with zero attached hydrogens (tertiary/aromatic N) is 2. The van der Waals surface area contributed by atoms with Crippen LogP contribution < -0.4 is 5.56 Å². The van der Waals surface area contributed by atoms with E-state index in [0.717, 1.165) is 29.5 Å². The summed E-state index contributed by atoms with van der Waals surface area (Å²) in [6, 6.07) is 12.6. The maximum Gasteiger partial charge on any atom is 0.283 e. The van der Waals surface area contributed by atoms with Crippen molar-refractivity contribution in [3.8, 4) is 5.69 Å². The number of fused-ring (bicyclic) bond motifs is 1. The summed E-state index contributed by atoms with van der Waals surface area (Å²) >= 11 is 1.19. The minimum atomic E-state index is -0.502. The number of nitrogens with one attached hydrogen (secondary N) is 1. The number of thioether (sulfide) groups is 1. The molecule has 2 aromatic carbocycles. The third kappa shape index (κ3) is 3.45. The van der Waals surface area contributed by atoms with Gasteiger partial charge in [0.15, 0.2) is 5.16 Å². The lowest BCUT2D eigenvalue weighted by Gasteiger charge is -2.12. The molecule has 0 bridgehead atoms. The maximum atomic E-state index is 14.0. The first kappa shape index (κ1) is 18.4. The molecule has 0 fully saturated rings. The maximum absolute atomic E-state index is 14.0. The van der Waals surface area contributed by atoms with Crippen LogP contribution in [0.4, 0.5) is 8.78 Å². The first-order valence-electron chi connectivity index (χ1n) is 8.68. The van der Waals surface area contributed by atoms with Gasteiger partial charge in [0.1, 0.15) is 17.2 Å². The number of aromatic amines is 1. The van der Waals surface area contributed by atoms with E-state index in [2.05, 4.69) is 9.97 Å². The summed E-state index contributed by atoms with van der Waals surface area (Å²) < 4.78 is 29.0. The number of hydrogen-bond acceptors (Lipinski definition) is 3. The molecule has 0 aliphatic heterocycles. The summed E-state index contributed by atoms with van der Waals surface area (Å²) in [5.41, 5.74) is 3.52. The molecule has 4 rings (SSSR count). The van der Waals surface area contributed by atoms with Crippen LogP contribution in [0.15, 0.2) is 58.5 Å². The van der Waals surface area contributed by atoms with Gasteiger partial charge >= 0.3 is 0 Å². The molecule has 0 saturated carbocycles. The molecular weight excluding hydrogens is 380 g/mol. The van der Waals surface area contributed by atoms with Crippen molar-refractivity contribution in [3.63, 3.8) is 0 Å². The lowest BCUT2D eigenvalue weighted by atomic mass is 10.2. The summed E-state index contributed by atoms with van der Waals surface area (Å²) in [6.07, 6.45) is 0. The molecule has 0 aliphatic carbocycles. The van der Waals surface area contributed by atoms with E-state index >= 15 is 0 Å². The molecule has 0 amide bonds. The van der Waals surface area contributed by atoms with Crippen LogP contribution in [0.1, 0.15) is 16.8 Å². The van der Waals surface area contributed by atoms with Crippen LogP contribution in [-0.2, 0) is 5.75 Å². The van der Waals surface area contributed by atoms with Crippen LogP contribution in [0.25, 0.3) is 16.7 Å². The summed E-state index contributed by atoms with van der Waals surface area (Å²) in [6.45, 7) is 3.82. The van der Waals surface area contributed by atoms with Gasteiger partial charge < -0.3 is 4.98 Å². The van der Waals surface area contributed by atoms with Crippen molar-refractivity contribution < 1.29 is 8.78 Å². The molecule has 4 nitrogen and oxygen atoms in total. The third-order valence-electron chi connectivity index (χ3n) is 4.41. The molecule has 7 heteroatoms. The minimum Gasteiger partial charge on any atom is -0.353 e. The average Bonchev–Trinajstić information content (AvgIpc) is 3.04. The van der Waals surface area contributed by atoms with Crippen LogP contribution in [0, 0.1) is 25.5 Å². The number of halogens is 2. The largest absolute Gasteiger partial charge is 0.353 e. The molecule has 0 atom stereocenters. The molecule has 1 N–H and O–H groups in total. The van der Waals surface area contributed by atoms with E-state index in [4.69, 9.17) is 0 Å². The smallest absolute Gasteiger partial charge is 0.283 e. The Hall–Kier alpha value is -2.93. The van der Waals surface area contributed by atoms with Crippen molar-refractivity contribution in [1.82, 2.24) is 14.5 Å². The van der Waals surface area contributed by atoms with Crippen molar-refractivity contribution in [2.75, 3.05) is 0 Å². The zero-order valence-electron chi connectivity index (χ0n) is 15.3. The van der Waals surface area contributed by atoms with Crippen molar-refractivity contribution in [2.24, 2.45) is 0 Å². The van der Waals surface area contributed by atoms with Crippen LogP contribution in [-0.4, -0.2) is 14.5 Å². The Morgan fingerprint density at radius 3 is 2.57 bits per heavy atom. The van der Waals surface area contributed by atoms with Gasteiger partial charge in [-0.25, -0.2) is 13.8 Å². The summed E-state index contributed by atoms with van der Waals surface area (Å²) in [7, 11) is 0. The van der Waals surface area contributed by atoms with Gasteiger partial charge in [0.2, 0.25) is 0 Å². The fourth-order valence-electron chi connectivity index (χ4n) is 2.99. The van der Waals surface area contributed by atoms with E-state index in [1.165, 1.54) is 16.3 Å². The van der Waals surface area contributed by atoms with E-state index in [1.54, 1.807) is 6.07 Å². The van der Waals surface area contributed by atoms with E-state index in [0.29, 0.717) is 21.9 Å². The van der Waals surface area contributed by atoms with Gasteiger partial charge in [-0.2, -0.15) is 0 Å². The number of aromatic nitrogens is 3. The summed E-state index contributed by atoms with van der Waals surface area (Å²) in [5, 5.41) is 0.420. The summed E-state index contributed by atoms with van der Waals surface area (Å²) in [4.78, 5) is 20.8. The lowest BCUT2D eigenvalue weighted by molar-refractivity contribution is 0.591. The van der Waals surface area contributed by atoms with Crippen molar-refractivity contribution in [2.45, 2.75) is 24.8 Å². The molecule has 0 spiro atoms. The SMILES string of the molecule is Cc1ccc(-n2c(SCc3cc(F)ccc3F)nc3cc(C)[nH]c3c2=O)cc1. The van der Waals surface area contributed by atoms with Crippen molar-refractivity contribution >= 4 is 22.8 Å². The van der Waals surface area contributed by atoms with Gasteiger partial charge in [-0.3, -0.25) is 9.36 Å². The van der Waals surface area contributed by atoms with Gasteiger partial charge in [0.05, 0.1) is 11.2 Å². The van der Waals surface area contributed by atoms with Crippen molar-refractivity contribution in [1.29, 1.82) is 0 Å². The van der Waals surface area contributed by atoms with Gasteiger partial charge in [0, 0.05) is 17.0 Å². The monoisotopic (exact) mass is 397 g/mol. The molecular formula is C21H17F2N3OS. The molecule has 28 heavy (non-hydrogen) atoms. The second-order valence-electron chi connectivity index (χ2n) is 6.61. The Morgan fingerprint density at radius 2 is 1.82 bits per heavy atom. The lowest BCUT2D eigenvalue weighted by Crippen LogP contribution is -2.21. The Bertz CT molecular complexity index is 1230. The topological polar surface area (TPSA) is 50.7 Å². The molecule has 142 valence electrons. The highest BCUT2D eigenvalue weighted by Crippen LogP contribution is 2.26. The van der Waals surface area contributed by atoms with E-state index in [-0.39, 0.29) is 16.9 Å². The zero-order valence-corrected chi connectivity index (χ0v) is 16.1. The summed E-state index contributed by atoms with van der Waals surface area (Å²) in [5.74, 6) is -0.842.